The summed E-state index contributed by atoms with van der Waals surface area (Å²) in [6.45, 7) is 1.49. The van der Waals surface area contributed by atoms with Crippen LogP contribution in [0.1, 0.15) is 12.0 Å². The van der Waals surface area contributed by atoms with E-state index in [4.69, 9.17) is 0 Å². The number of benzene rings is 1. The van der Waals surface area contributed by atoms with Crippen molar-refractivity contribution in [3.63, 3.8) is 0 Å². The van der Waals surface area contributed by atoms with Gasteiger partial charge in [-0.15, -0.1) is 0 Å². The normalized spacial score (nSPS) is 12.3. The lowest BCUT2D eigenvalue weighted by Crippen LogP contribution is -2.20. The highest BCUT2D eigenvalue weighted by Crippen LogP contribution is 2.17. The number of nitrogens with one attached hydrogen (secondary N) is 1. The average molecular weight is 270 g/mol. The third kappa shape index (κ3) is 5.37. The van der Waals surface area contributed by atoms with Crippen LogP contribution in [-0.2, 0) is 17.2 Å². The van der Waals surface area contributed by atoms with Gasteiger partial charge >= 0.3 is 0 Å². The summed E-state index contributed by atoms with van der Waals surface area (Å²) in [5.41, 5.74) is 0.919. The second-order valence-corrected chi connectivity index (χ2v) is 5.57. The van der Waals surface area contributed by atoms with E-state index in [1.165, 1.54) is 6.07 Å². The van der Waals surface area contributed by atoms with Crippen molar-refractivity contribution in [2.24, 2.45) is 0 Å². The molecule has 1 atom stereocenters. The summed E-state index contributed by atoms with van der Waals surface area (Å²) >= 11 is 0. The van der Waals surface area contributed by atoms with Crippen LogP contribution in [0.25, 0.3) is 0 Å². The van der Waals surface area contributed by atoms with Crippen molar-refractivity contribution in [2.75, 3.05) is 25.1 Å². The molecule has 1 rings (SSSR count). The van der Waals surface area contributed by atoms with Gasteiger partial charge < -0.3 is 5.32 Å². The standard InChI is InChI=1S/C12H18N2O3S/c1-18(17)10-4-8-13-9-7-11-5-2-3-6-12(11)14(15)16/h2-3,5-6,13H,4,7-10H2,1H3. The number of nitro groups is 1. The van der Waals surface area contributed by atoms with Gasteiger partial charge in [-0.05, 0) is 25.9 Å². The van der Waals surface area contributed by atoms with Gasteiger partial charge in [0.2, 0.25) is 0 Å². The van der Waals surface area contributed by atoms with Crippen LogP contribution in [-0.4, -0.2) is 34.2 Å². The van der Waals surface area contributed by atoms with Gasteiger partial charge in [-0.2, -0.15) is 0 Å². The molecule has 0 fully saturated rings. The van der Waals surface area contributed by atoms with E-state index in [1.54, 1.807) is 18.4 Å². The molecule has 1 aromatic rings. The molecule has 0 aromatic heterocycles. The molecule has 0 amide bonds. The van der Waals surface area contributed by atoms with Crippen molar-refractivity contribution in [2.45, 2.75) is 12.8 Å². The maximum Gasteiger partial charge on any atom is 0.272 e. The highest BCUT2D eigenvalue weighted by Gasteiger charge is 2.10. The lowest BCUT2D eigenvalue weighted by Gasteiger charge is -2.05. The number of nitrogens with zero attached hydrogens (tertiary/aromatic N) is 1. The van der Waals surface area contributed by atoms with E-state index >= 15 is 0 Å². The van der Waals surface area contributed by atoms with Crippen molar-refractivity contribution in [3.05, 3.63) is 39.9 Å². The van der Waals surface area contributed by atoms with Crippen molar-refractivity contribution in [1.82, 2.24) is 5.32 Å². The first-order valence-corrected chi connectivity index (χ1v) is 7.57. The van der Waals surface area contributed by atoms with Crippen LogP contribution >= 0.6 is 0 Å². The summed E-state index contributed by atoms with van der Waals surface area (Å²) in [4.78, 5) is 10.4. The lowest BCUT2D eigenvalue weighted by molar-refractivity contribution is -0.385. The molecule has 18 heavy (non-hydrogen) atoms. The van der Waals surface area contributed by atoms with Crippen LogP contribution < -0.4 is 5.32 Å². The summed E-state index contributed by atoms with van der Waals surface area (Å²) in [6.07, 6.45) is 3.18. The number of rotatable bonds is 8. The van der Waals surface area contributed by atoms with E-state index < -0.39 is 10.8 Å². The highest BCUT2D eigenvalue weighted by atomic mass is 32.2. The first kappa shape index (κ1) is 14.8. The molecule has 5 nitrogen and oxygen atoms in total. The SMILES string of the molecule is CS(=O)CCCNCCc1ccccc1[N+](=O)[O-]. The number of hydrogen-bond donors (Lipinski definition) is 1. The van der Waals surface area contributed by atoms with E-state index in [0.717, 1.165) is 18.5 Å². The Morgan fingerprint density at radius 1 is 1.33 bits per heavy atom. The Bertz CT molecular complexity index is 424. The summed E-state index contributed by atoms with van der Waals surface area (Å²) < 4.78 is 10.8. The molecule has 0 spiro atoms. The Morgan fingerprint density at radius 2 is 2.06 bits per heavy atom. The van der Waals surface area contributed by atoms with Gasteiger partial charge in [0.15, 0.2) is 0 Å². The van der Waals surface area contributed by atoms with Crippen molar-refractivity contribution < 1.29 is 9.13 Å². The van der Waals surface area contributed by atoms with E-state index in [2.05, 4.69) is 5.32 Å². The van der Waals surface area contributed by atoms with Gasteiger partial charge in [-0.3, -0.25) is 14.3 Å². The van der Waals surface area contributed by atoms with Gasteiger partial charge in [-0.25, -0.2) is 0 Å². The van der Waals surface area contributed by atoms with Gasteiger partial charge in [0.1, 0.15) is 0 Å². The maximum absolute atomic E-state index is 10.8. The highest BCUT2D eigenvalue weighted by molar-refractivity contribution is 7.84. The first-order valence-electron chi connectivity index (χ1n) is 5.84. The van der Waals surface area contributed by atoms with Gasteiger partial charge in [0, 0.05) is 34.4 Å². The zero-order valence-corrected chi connectivity index (χ0v) is 11.2. The number of para-hydroxylation sites is 1. The molecule has 0 aliphatic rings. The summed E-state index contributed by atoms with van der Waals surface area (Å²) in [5, 5.41) is 14.0. The van der Waals surface area contributed by atoms with Gasteiger partial charge in [0.25, 0.3) is 5.69 Å². The third-order valence-corrected chi connectivity index (χ3v) is 3.41. The smallest absolute Gasteiger partial charge is 0.272 e. The Balaban J connectivity index is 2.31. The largest absolute Gasteiger partial charge is 0.316 e. The predicted molar refractivity (Wildman–Crippen MR) is 73.2 cm³/mol. The quantitative estimate of drug-likeness (QED) is 0.441. The summed E-state index contributed by atoms with van der Waals surface area (Å²) in [5.74, 6) is 0.693. The van der Waals surface area contributed by atoms with Crippen LogP contribution in [0.4, 0.5) is 5.69 Å². The van der Waals surface area contributed by atoms with Crippen molar-refractivity contribution >= 4 is 16.5 Å². The minimum atomic E-state index is -0.746. The molecule has 0 saturated heterocycles. The monoisotopic (exact) mass is 270 g/mol. The fraction of sp³-hybridized carbons (Fsp3) is 0.500. The molecule has 0 saturated carbocycles. The van der Waals surface area contributed by atoms with E-state index in [0.29, 0.717) is 18.7 Å². The van der Waals surface area contributed by atoms with Crippen molar-refractivity contribution in [3.8, 4) is 0 Å². The van der Waals surface area contributed by atoms with Gasteiger partial charge in [-0.1, -0.05) is 18.2 Å². The molecule has 0 radical (unpaired) electrons. The Labute approximate surface area is 109 Å². The molecule has 0 bridgehead atoms. The molecule has 0 aliphatic heterocycles. The van der Waals surface area contributed by atoms with E-state index in [1.807, 2.05) is 6.07 Å². The average Bonchev–Trinajstić information content (AvgIpc) is 2.33. The molecule has 1 N–H and O–H groups in total. The fourth-order valence-corrected chi connectivity index (χ4v) is 2.20. The molecule has 0 aliphatic carbocycles. The number of hydrogen-bond acceptors (Lipinski definition) is 4. The molecule has 1 unspecified atom stereocenters. The molecule has 0 heterocycles. The van der Waals surface area contributed by atoms with Crippen molar-refractivity contribution in [1.29, 1.82) is 0 Å². The zero-order chi connectivity index (χ0) is 13.4. The molecular weight excluding hydrogens is 252 g/mol. The van der Waals surface area contributed by atoms with Crippen LogP contribution in [0.15, 0.2) is 24.3 Å². The van der Waals surface area contributed by atoms with Crippen LogP contribution in [0.2, 0.25) is 0 Å². The second kappa shape index (κ2) is 7.94. The van der Waals surface area contributed by atoms with Gasteiger partial charge in [0.05, 0.1) is 4.92 Å². The Hall–Kier alpha value is -1.27. The van der Waals surface area contributed by atoms with E-state index in [9.17, 15) is 14.3 Å². The Morgan fingerprint density at radius 3 is 2.72 bits per heavy atom. The summed E-state index contributed by atoms with van der Waals surface area (Å²) in [6, 6.07) is 6.78. The Kier molecular flexibility index (Phi) is 6.53. The predicted octanol–water partition coefficient (Wildman–Crippen LogP) is 1.50. The molecule has 1 aromatic carbocycles. The molecular formula is C12H18N2O3S. The third-order valence-electron chi connectivity index (χ3n) is 2.54. The molecule has 6 heteroatoms. The zero-order valence-electron chi connectivity index (χ0n) is 10.4. The molecule has 100 valence electrons. The van der Waals surface area contributed by atoms with Crippen LogP contribution in [0, 0.1) is 10.1 Å². The fourth-order valence-electron chi connectivity index (χ4n) is 1.65. The minimum Gasteiger partial charge on any atom is -0.316 e. The number of nitro benzene ring substituents is 1. The van der Waals surface area contributed by atoms with Crippen LogP contribution in [0.3, 0.4) is 0 Å². The maximum atomic E-state index is 10.8. The van der Waals surface area contributed by atoms with Crippen LogP contribution in [0.5, 0.6) is 0 Å². The van der Waals surface area contributed by atoms with E-state index in [-0.39, 0.29) is 10.6 Å². The summed E-state index contributed by atoms with van der Waals surface area (Å²) in [7, 11) is -0.746. The lowest BCUT2D eigenvalue weighted by atomic mass is 10.1. The second-order valence-electron chi connectivity index (χ2n) is 4.02. The topological polar surface area (TPSA) is 72.2 Å². The first-order chi connectivity index (χ1) is 8.61. The minimum absolute atomic E-state index is 0.175.